The summed E-state index contributed by atoms with van der Waals surface area (Å²) in [7, 11) is 0. The zero-order valence-corrected chi connectivity index (χ0v) is 11.4. The van der Waals surface area contributed by atoms with Crippen LogP contribution in [0, 0.1) is 5.92 Å². The number of carbonyl (C=O) groups excluding carboxylic acids is 1. The molecule has 1 amide bonds. The first-order valence-corrected chi connectivity index (χ1v) is 7.29. The van der Waals surface area contributed by atoms with Crippen molar-refractivity contribution < 1.29 is 4.79 Å². The number of nitrogens with zero attached hydrogens (tertiary/aromatic N) is 1. The molecule has 0 atom stereocenters. The van der Waals surface area contributed by atoms with Crippen LogP contribution >= 0.6 is 22.9 Å². The number of aromatic nitrogens is 1. The summed E-state index contributed by atoms with van der Waals surface area (Å²) in [6.07, 6.45) is 4.33. The summed E-state index contributed by atoms with van der Waals surface area (Å²) in [6.45, 7) is 0. The average Bonchev–Trinajstić information content (AvgIpc) is 2.95. The first-order chi connectivity index (χ1) is 8.72. The predicted molar refractivity (Wildman–Crippen MR) is 75.2 cm³/mol. The van der Waals surface area contributed by atoms with Crippen LogP contribution in [0.5, 0.6) is 0 Å². The summed E-state index contributed by atoms with van der Waals surface area (Å²) >= 11 is 7.40. The molecule has 2 aromatic rings. The smallest absolute Gasteiger partial charge is 0.229 e. The minimum atomic E-state index is 0.109. The number of thiazole rings is 1. The molecule has 1 fully saturated rings. The summed E-state index contributed by atoms with van der Waals surface area (Å²) in [5.41, 5.74) is 0.881. The Morgan fingerprint density at radius 2 is 2.17 bits per heavy atom. The van der Waals surface area contributed by atoms with Gasteiger partial charge >= 0.3 is 0 Å². The number of benzene rings is 1. The molecule has 0 saturated heterocycles. The second-order valence-electron chi connectivity index (χ2n) is 4.60. The van der Waals surface area contributed by atoms with Gasteiger partial charge in [0.2, 0.25) is 5.91 Å². The Bertz CT molecular complexity index is 590. The fourth-order valence-electron chi connectivity index (χ4n) is 2.35. The lowest BCUT2D eigenvalue weighted by Gasteiger charge is -2.06. The van der Waals surface area contributed by atoms with Crippen LogP contribution < -0.4 is 5.32 Å². The average molecular weight is 281 g/mol. The number of anilines is 1. The van der Waals surface area contributed by atoms with Crippen molar-refractivity contribution in [3.63, 3.8) is 0 Å². The van der Waals surface area contributed by atoms with Gasteiger partial charge in [0, 0.05) is 10.9 Å². The molecule has 94 valence electrons. The highest BCUT2D eigenvalue weighted by Gasteiger charge is 2.23. The summed E-state index contributed by atoms with van der Waals surface area (Å²) in [6, 6.07) is 5.56. The van der Waals surface area contributed by atoms with Crippen molar-refractivity contribution in [3.05, 3.63) is 23.2 Å². The lowest BCUT2D eigenvalue weighted by atomic mass is 10.1. The molecule has 1 saturated carbocycles. The van der Waals surface area contributed by atoms with Gasteiger partial charge in [-0.05, 0) is 31.0 Å². The monoisotopic (exact) mass is 280 g/mol. The lowest BCUT2D eigenvalue weighted by molar-refractivity contribution is -0.119. The van der Waals surface area contributed by atoms with Gasteiger partial charge in [0.15, 0.2) is 5.13 Å². The summed E-state index contributed by atoms with van der Waals surface area (Å²) in [5.74, 6) is 0.276. The van der Waals surface area contributed by atoms with E-state index in [1.54, 1.807) is 0 Å². The third kappa shape index (κ3) is 2.35. The molecule has 1 aliphatic carbocycles. The third-order valence-corrected chi connectivity index (χ3v) is 4.48. The molecule has 0 bridgehead atoms. The van der Waals surface area contributed by atoms with E-state index in [1.165, 1.54) is 11.3 Å². The molecule has 0 radical (unpaired) electrons. The Morgan fingerprint density at radius 3 is 2.94 bits per heavy atom. The summed E-state index contributed by atoms with van der Waals surface area (Å²) in [4.78, 5) is 16.4. The van der Waals surface area contributed by atoms with Gasteiger partial charge in [-0.3, -0.25) is 4.79 Å². The predicted octanol–water partition coefficient (Wildman–Crippen LogP) is 4.08. The molecule has 1 aromatic carbocycles. The molecule has 1 aliphatic rings. The minimum absolute atomic E-state index is 0.109. The van der Waals surface area contributed by atoms with Gasteiger partial charge in [-0.2, -0.15) is 0 Å². The van der Waals surface area contributed by atoms with Crippen molar-refractivity contribution in [1.29, 1.82) is 0 Å². The highest BCUT2D eigenvalue weighted by molar-refractivity contribution is 7.22. The zero-order chi connectivity index (χ0) is 12.5. The number of halogens is 1. The summed E-state index contributed by atoms with van der Waals surface area (Å²) < 4.78 is 1.00. The number of rotatable bonds is 2. The van der Waals surface area contributed by atoms with E-state index in [4.69, 9.17) is 11.6 Å². The molecule has 1 N–H and O–H groups in total. The highest BCUT2D eigenvalue weighted by Crippen LogP contribution is 2.30. The van der Waals surface area contributed by atoms with Crippen molar-refractivity contribution in [2.45, 2.75) is 25.7 Å². The van der Waals surface area contributed by atoms with Crippen LogP contribution in [-0.2, 0) is 4.79 Å². The van der Waals surface area contributed by atoms with E-state index in [9.17, 15) is 4.79 Å². The Hall–Kier alpha value is -1.13. The fraction of sp³-hybridized carbons (Fsp3) is 0.385. The van der Waals surface area contributed by atoms with Crippen LogP contribution in [0.2, 0.25) is 5.02 Å². The van der Waals surface area contributed by atoms with Crippen LogP contribution in [0.25, 0.3) is 10.2 Å². The lowest BCUT2D eigenvalue weighted by Crippen LogP contribution is -2.19. The molecule has 0 unspecified atom stereocenters. The van der Waals surface area contributed by atoms with Crippen molar-refractivity contribution in [2.75, 3.05) is 5.32 Å². The van der Waals surface area contributed by atoms with E-state index in [2.05, 4.69) is 10.3 Å². The van der Waals surface area contributed by atoms with Crippen molar-refractivity contribution in [1.82, 2.24) is 4.98 Å². The number of hydrogen-bond acceptors (Lipinski definition) is 3. The van der Waals surface area contributed by atoms with Gasteiger partial charge in [0.1, 0.15) is 0 Å². The molecule has 18 heavy (non-hydrogen) atoms. The van der Waals surface area contributed by atoms with E-state index in [0.717, 1.165) is 35.9 Å². The van der Waals surface area contributed by atoms with Crippen LogP contribution in [0.15, 0.2) is 18.2 Å². The molecular weight excluding hydrogens is 268 g/mol. The Balaban J connectivity index is 1.79. The Morgan fingerprint density at radius 1 is 1.39 bits per heavy atom. The summed E-state index contributed by atoms with van der Waals surface area (Å²) in [5, 5.41) is 4.28. The minimum Gasteiger partial charge on any atom is -0.302 e. The fourth-order valence-corrected chi connectivity index (χ4v) is 3.49. The molecule has 0 spiro atoms. The van der Waals surface area contributed by atoms with Crippen molar-refractivity contribution >= 4 is 44.2 Å². The van der Waals surface area contributed by atoms with E-state index >= 15 is 0 Å². The maximum Gasteiger partial charge on any atom is 0.229 e. The first kappa shape index (κ1) is 11.9. The molecule has 0 aliphatic heterocycles. The van der Waals surface area contributed by atoms with Crippen molar-refractivity contribution in [2.24, 2.45) is 5.92 Å². The van der Waals surface area contributed by atoms with Crippen LogP contribution in [0.1, 0.15) is 25.7 Å². The zero-order valence-electron chi connectivity index (χ0n) is 9.78. The largest absolute Gasteiger partial charge is 0.302 e. The highest BCUT2D eigenvalue weighted by atomic mass is 35.5. The number of carbonyl (C=O) groups is 1. The van der Waals surface area contributed by atoms with E-state index in [0.29, 0.717) is 10.2 Å². The molecule has 3 rings (SSSR count). The molecule has 5 heteroatoms. The van der Waals surface area contributed by atoms with Crippen LogP contribution in [0.3, 0.4) is 0 Å². The number of hydrogen-bond donors (Lipinski definition) is 1. The van der Waals surface area contributed by atoms with E-state index in [1.807, 2.05) is 18.2 Å². The van der Waals surface area contributed by atoms with Gasteiger partial charge in [-0.1, -0.05) is 35.8 Å². The van der Waals surface area contributed by atoms with E-state index < -0.39 is 0 Å². The molecule has 1 heterocycles. The molecule has 1 aromatic heterocycles. The van der Waals surface area contributed by atoms with E-state index in [-0.39, 0.29) is 11.8 Å². The maximum absolute atomic E-state index is 12.0. The van der Waals surface area contributed by atoms with Crippen LogP contribution in [0.4, 0.5) is 5.13 Å². The molecule has 3 nitrogen and oxygen atoms in total. The SMILES string of the molecule is O=C(Nc1nc2ccc(Cl)cc2s1)C1CCCC1. The normalized spacial score (nSPS) is 16.3. The van der Waals surface area contributed by atoms with Gasteiger partial charge in [0.05, 0.1) is 10.2 Å². The third-order valence-electron chi connectivity index (χ3n) is 3.31. The standard InChI is InChI=1S/C13H13ClN2OS/c14-9-5-6-10-11(7-9)18-13(15-10)16-12(17)8-3-1-2-4-8/h5-8H,1-4H2,(H,15,16,17). The second kappa shape index (κ2) is 4.86. The Kier molecular flexibility index (Phi) is 3.22. The second-order valence-corrected chi connectivity index (χ2v) is 6.07. The van der Waals surface area contributed by atoms with Crippen LogP contribution in [-0.4, -0.2) is 10.9 Å². The number of nitrogens with one attached hydrogen (secondary N) is 1. The Labute approximate surface area is 114 Å². The van der Waals surface area contributed by atoms with Gasteiger partial charge in [-0.15, -0.1) is 0 Å². The van der Waals surface area contributed by atoms with Gasteiger partial charge in [-0.25, -0.2) is 4.98 Å². The maximum atomic E-state index is 12.0. The van der Waals surface area contributed by atoms with Crippen molar-refractivity contribution in [3.8, 4) is 0 Å². The molecular formula is C13H13ClN2OS. The van der Waals surface area contributed by atoms with Gasteiger partial charge < -0.3 is 5.32 Å². The number of fused-ring (bicyclic) bond motifs is 1. The number of amides is 1. The topological polar surface area (TPSA) is 42.0 Å². The first-order valence-electron chi connectivity index (χ1n) is 6.09. The quantitative estimate of drug-likeness (QED) is 0.901. The van der Waals surface area contributed by atoms with Gasteiger partial charge in [0.25, 0.3) is 0 Å².